The van der Waals surface area contributed by atoms with Gasteiger partial charge in [0.15, 0.2) is 0 Å². The Morgan fingerprint density at radius 1 is 1.57 bits per heavy atom. The summed E-state index contributed by atoms with van der Waals surface area (Å²) in [4.78, 5) is 0. The van der Waals surface area contributed by atoms with Crippen LogP contribution in [-0.2, 0) is 9.47 Å². The van der Waals surface area contributed by atoms with E-state index in [4.69, 9.17) is 15.2 Å². The minimum absolute atomic E-state index is 0.0633. The van der Waals surface area contributed by atoms with Crippen molar-refractivity contribution in [3.63, 3.8) is 0 Å². The SMILES string of the molecule is COC(C)COC1(CN)CCC(C)C1. The fourth-order valence-electron chi connectivity index (χ4n) is 2.09. The van der Waals surface area contributed by atoms with Crippen molar-refractivity contribution in [2.24, 2.45) is 11.7 Å². The molecule has 0 heterocycles. The Hall–Kier alpha value is -0.120. The number of ether oxygens (including phenoxy) is 2. The number of hydrogen-bond acceptors (Lipinski definition) is 3. The van der Waals surface area contributed by atoms with Gasteiger partial charge in [0.2, 0.25) is 0 Å². The number of hydrogen-bond donors (Lipinski definition) is 1. The van der Waals surface area contributed by atoms with Crippen molar-refractivity contribution in [1.82, 2.24) is 0 Å². The average Bonchev–Trinajstić information content (AvgIpc) is 2.57. The average molecular weight is 201 g/mol. The second kappa shape index (κ2) is 5.10. The maximum Gasteiger partial charge on any atom is 0.0808 e. The maximum atomic E-state index is 5.91. The lowest BCUT2D eigenvalue weighted by Gasteiger charge is -2.29. The zero-order chi connectivity index (χ0) is 10.6. The maximum absolute atomic E-state index is 5.91. The molecular weight excluding hydrogens is 178 g/mol. The van der Waals surface area contributed by atoms with Crippen LogP contribution in [0.1, 0.15) is 33.1 Å². The molecule has 84 valence electrons. The normalized spacial score (nSPS) is 34.7. The Kier molecular flexibility index (Phi) is 4.35. The lowest BCUT2D eigenvalue weighted by molar-refractivity contribution is -0.0770. The van der Waals surface area contributed by atoms with Crippen LogP contribution in [-0.4, -0.2) is 32.0 Å². The van der Waals surface area contributed by atoms with Crippen LogP contribution in [0.25, 0.3) is 0 Å². The standard InChI is InChI=1S/C11H23NO2/c1-9-4-5-11(6-9,8-12)14-7-10(2)13-3/h9-10H,4-8,12H2,1-3H3. The van der Waals surface area contributed by atoms with E-state index in [0.29, 0.717) is 13.2 Å². The molecule has 0 aromatic carbocycles. The summed E-state index contributed by atoms with van der Waals surface area (Å²) >= 11 is 0. The van der Waals surface area contributed by atoms with Gasteiger partial charge in [-0.25, -0.2) is 0 Å². The molecule has 0 aromatic rings. The van der Waals surface area contributed by atoms with Gasteiger partial charge in [-0.3, -0.25) is 0 Å². The fourth-order valence-corrected chi connectivity index (χ4v) is 2.09. The highest BCUT2D eigenvalue weighted by molar-refractivity contribution is 4.90. The molecule has 0 amide bonds. The molecule has 1 aliphatic rings. The molecule has 0 aliphatic heterocycles. The molecule has 0 radical (unpaired) electrons. The Bertz CT molecular complexity index is 175. The second-order valence-electron chi connectivity index (χ2n) is 4.59. The van der Waals surface area contributed by atoms with E-state index in [2.05, 4.69) is 6.92 Å². The highest BCUT2D eigenvalue weighted by Crippen LogP contribution is 2.36. The summed E-state index contributed by atoms with van der Waals surface area (Å²) in [5, 5.41) is 0. The summed E-state index contributed by atoms with van der Waals surface area (Å²) in [6.45, 7) is 5.57. The van der Waals surface area contributed by atoms with Gasteiger partial charge >= 0.3 is 0 Å². The minimum atomic E-state index is -0.0633. The third-order valence-corrected chi connectivity index (χ3v) is 3.21. The van der Waals surface area contributed by atoms with Crippen molar-refractivity contribution in [1.29, 1.82) is 0 Å². The van der Waals surface area contributed by atoms with Gasteiger partial charge in [-0.15, -0.1) is 0 Å². The topological polar surface area (TPSA) is 44.5 Å². The van der Waals surface area contributed by atoms with Gasteiger partial charge < -0.3 is 15.2 Å². The van der Waals surface area contributed by atoms with Gasteiger partial charge in [0.05, 0.1) is 18.3 Å². The fraction of sp³-hybridized carbons (Fsp3) is 1.00. The first-order chi connectivity index (χ1) is 6.62. The Balaban J connectivity index is 2.38. The molecule has 3 atom stereocenters. The largest absolute Gasteiger partial charge is 0.379 e. The van der Waals surface area contributed by atoms with Gasteiger partial charge in [0.1, 0.15) is 0 Å². The van der Waals surface area contributed by atoms with E-state index in [1.54, 1.807) is 7.11 Å². The first-order valence-electron chi connectivity index (χ1n) is 5.49. The van der Waals surface area contributed by atoms with Gasteiger partial charge in [0.25, 0.3) is 0 Å². The zero-order valence-electron chi connectivity index (χ0n) is 9.58. The molecule has 0 aromatic heterocycles. The summed E-state index contributed by atoms with van der Waals surface area (Å²) in [7, 11) is 1.71. The highest BCUT2D eigenvalue weighted by atomic mass is 16.5. The van der Waals surface area contributed by atoms with Gasteiger partial charge in [-0.05, 0) is 32.1 Å². The van der Waals surface area contributed by atoms with Gasteiger partial charge in [-0.1, -0.05) is 6.92 Å². The van der Waals surface area contributed by atoms with Crippen LogP contribution in [0.15, 0.2) is 0 Å². The predicted octanol–water partition coefficient (Wildman–Crippen LogP) is 1.56. The van der Waals surface area contributed by atoms with Crippen molar-refractivity contribution in [2.75, 3.05) is 20.3 Å². The van der Waals surface area contributed by atoms with Crippen LogP contribution in [0.2, 0.25) is 0 Å². The first-order valence-corrected chi connectivity index (χ1v) is 5.49. The molecule has 3 unspecified atom stereocenters. The molecular formula is C11H23NO2. The Morgan fingerprint density at radius 2 is 2.29 bits per heavy atom. The molecule has 1 aliphatic carbocycles. The van der Waals surface area contributed by atoms with E-state index in [-0.39, 0.29) is 11.7 Å². The van der Waals surface area contributed by atoms with E-state index >= 15 is 0 Å². The van der Waals surface area contributed by atoms with Crippen molar-refractivity contribution >= 4 is 0 Å². The van der Waals surface area contributed by atoms with E-state index in [0.717, 1.165) is 18.8 Å². The third-order valence-electron chi connectivity index (χ3n) is 3.21. The van der Waals surface area contributed by atoms with Gasteiger partial charge in [-0.2, -0.15) is 0 Å². The summed E-state index contributed by atoms with van der Waals surface area (Å²) < 4.78 is 11.1. The minimum Gasteiger partial charge on any atom is -0.379 e. The third kappa shape index (κ3) is 2.94. The number of rotatable bonds is 5. The van der Waals surface area contributed by atoms with Crippen LogP contribution in [0.3, 0.4) is 0 Å². The quantitative estimate of drug-likeness (QED) is 0.734. The number of methoxy groups -OCH3 is 1. The summed E-state index contributed by atoms with van der Waals surface area (Å²) in [6, 6.07) is 0. The predicted molar refractivity (Wildman–Crippen MR) is 57.2 cm³/mol. The van der Waals surface area contributed by atoms with Crippen LogP contribution in [0.4, 0.5) is 0 Å². The summed E-state index contributed by atoms with van der Waals surface area (Å²) in [6.07, 6.45) is 3.59. The highest BCUT2D eigenvalue weighted by Gasteiger charge is 2.37. The van der Waals surface area contributed by atoms with Crippen molar-refractivity contribution in [3.8, 4) is 0 Å². The van der Waals surface area contributed by atoms with E-state index in [9.17, 15) is 0 Å². The van der Waals surface area contributed by atoms with Crippen LogP contribution >= 0.6 is 0 Å². The summed E-state index contributed by atoms with van der Waals surface area (Å²) in [5.74, 6) is 0.747. The smallest absolute Gasteiger partial charge is 0.0808 e. The van der Waals surface area contributed by atoms with Crippen LogP contribution < -0.4 is 5.73 Å². The molecule has 0 saturated heterocycles. The molecule has 2 N–H and O–H groups in total. The van der Waals surface area contributed by atoms with Crippen LogP contribution in [0.5, 0.6) is 0 Å². The lowest BCUT2D eigenvalue weighted by Crippen LogP contribution is -2.40. The molecule has 0 spiro atoms. The Labute approximate surface area is 86.9 Å². The zero-order valence-corrected chi connectivity index (χ0v) is 9.58. The van der Waals surface area contributed by atoms with E-state index < -0.39 is 0 Å². The second-order valence-corrected chi connectivity index (χ2v) is 4.59. The summed E-state index contributed by atoms with van der Waals surface area (Å²) in [5.41, 5.74) is 5.73. The molecule has 1 rings (SSSR count). The molecule has 0 bridgehead atoms. The molecule has 1 saturated carbocycles. The number of nitrogens with two attached hydrogens (primary N) is 1. The van der Waals surface area contributed by atoms with E-state index in [1.165, 1.54) is 6.42 Å². The van der Waals surface area contributed by atoms with Crippen LogP contribution in [0, 0.1) is 5.92 Å². The lowest BCUT2D eigenvalue weighted by atomic mass is 10.0. The van der Waals surface area contributed by atoms with Crippen molar-refractivity contribution in [2.45, 2.75) is 44.8 Å². The molecule has 14 heavy (non-hydrogen) atoms. The monoisotopic (exact) mass is 201 g/mol. The van der Waals surface area contributed by atoms with Gasteiger partial charge in [0, 0.05) is 13.7 Å². The van der Waals surface area contributed by atoms with Crippen molar-refractivity contribution < 1.29 is 9.47 Å². The van der Waals surface area contributed by atoms with E-state index in [1.807, 2.05) is 6.92 Å². The molecule has 3 nitrogen and oxygen atoms in total. The molecule has 1 fully saturated rings. The van der Waals surface area contributed by atoms with Crippen molar-refractivity contribution in [3.05, 3.63) is 0 Å². The molecule has 3 heteroatoms. The first kappa shape index (κ1) is 12.0. The Morgan fingerprint density at radius 3 is 2.71 bits per heavy atom.